The van der Waals surface area contributed by atoms with E-state index in [-0.39, 0.29) is 5.41 Å². The molecule has 0 aromatic heterocycles. The fourth-order valence-electron chi connectivity index (χ4n) is 2.16. The van der Waals surface area contributed by atoms with E-state index in [0.29, 0.717) is 22.0 Å². The topological polar surface area (TPSA) is 23.5 Å². The van der Waals surface area contributed by atoms with E-state index < -0.39 is 6.10 Å². The van der Waals surface area contributed by atoms with Crippen LogP contribution in [0.2, 0.25) is 10.0 Å². The molecule has 0 aliphatic heterocycles. The molecular weight excluding hydrogens is 281 g/mol. The Labute approximate surface area is 126 Å². The third-order valence-corrected chi connectivity index (χ3v) is 3.70. The SMILES string of the molecule is CN(CCC(O)c1cccc(Cl)c1Cl)CC(C)(C)C. The van der Waals surface area contributed by atoms with Crippen molar-refractivity contribution in [1.29, 1.82) is 0 Å². The van der Waals surface area contributed by atoms with Crippen LogP contribution in [0.15, 0.2) is 18.2 Å². The van der Waals surface area contributed by atoms with Gasteiger partial charge in [0.1, 0.15) is 0 Å². The molecule has 0 aliphatic rings. The average Bonchev–Trinajstić information content (AvgIpc) is 2.27. The second kappa shape index (κ2) is 6.94. The predicted octanol–water partition coefficient (Wildman–Crippen LogP) is 4.39. The molecule has 0 heterocycles. The molecule has 0 bridgehead atoms. The Hall–Kier alpha value is -0.280. The summed E-state index contributed by atoms with van der Waals surface area (Å²) < 4.78 is 0. The molecule has 19 heavy (non-hydrogen) atoms. The van der Waals surface area contributed by atoms with Crippen LogP contribution >= 0.6 is 23.2 Å². The van der Waals surface area contributed by atoms with Crippen molar-refractivity contribution in [2.24, 2.45) is 5.41 Å². The molecule has 0 aliphatic carbocycles. The Kier molecular flexibility index (Phi) is 6.13. The highest BCUT2D eigenvalue weighted by molar-refractivity contribution is 6.42. The average molecular weight is 304 g/mol. The summed E-state index contributed by atoms with van der Waals surface area (Å²) in [5.74, 6) is 0. The van der Waals surface area contributed by atoms with Crippen molar-refractivity contribution in [2.45, 2.75) is 33.3 Å². The van der Waals surface area contributed by atoms with E-state index in [1.54, 1.807) is 6.07 Å². The molecule has 0 saturated heterocycles. The summed E-state index contributed by atoms with van der Waals surface area (Å²) in [6, 6.07) is 5.36. The highest BCUT2D eigenvalue weighted by Gasteiger charge is 2.17. The number of halogens is 2. The summed E-state index contributed by atoms with van der Waals surface area (Å²) >= 11 is 12.1. The molecule has 2 nitrogen and oxygen atoms in total. The Balaban J connectivity index is 2.56. The fraction of sp³-hybridized carbons (Fsp3) is 0.600. The Bertz CT molecular complexity index is 415. The largest absolute Gasteiger partial charge is 0.388 e. The van der Waals surface area contributed by atoms with Gasteiger partial charge in [-0.2, -0.15) is 0 Å². The summed E-state index contributed by atoms with van der Waals surface area (Å²) in [7, 11) is 2.07. The zero-order chi connectivity index (χ0) is 14.6. The van der Waals surface area contributed by atoms with Gasteiger partial charge in [-0.3, -0.25) is 0 Å². The Morgan fingerprint density at radius 2 is 1.89 bits per heavy atom. The molecule has 1 unspecified atom stereocenters. The fourth-order valence-corrected chi connectivity index (χ4v) is 2.60. The van der Waals surface area contributed by atoms with Gasteiger partial charge in [-0.25, -0.2) is 0 Å². The molecule has 1 atom stereocenters. The van der Waals surface area contributed by atoms with Crippen LogP contribution in [0.3, 0.4) is 0 Å². The molecule has 1 rings (SSSR count). The number of hydrogen-bond acceptors (Lipinski definition) is 2. The van der Waals surface area contributed by atoms with Crippen LogP contribution in [0.4, 0.5) is 0 Å². The first kappa shape index (κ1) is 16.8. The summed E-state index contributed by atoms with van der Waals surface area (Å²) in [5, 5.41) is 11.1. The Morgan fingerprint density at radius 1 is 1.26 bits per heavy atom. The van der Waals surface area contributed by atoms with Crippen LogP contribution in [-0.2, 0) is 0 Å². The monoisotopic (exact) mass is 303 g/mol. The zero-order valence-electron chi connectivity index (χ0n) is 12.1. The van der Waals surface area contributed by atoms with Gasteiger partial charge in [-0.15, -0.1) is 0 Å². The highest BCUT2D eigenvalue weighted by atomic mass is 35.5. The van der Waals surface area contributed by atoms with Crippen molar-refractivity contribution in [2.75, 3.05) is 20.1 Å². The van der Waals surface area contributed by atoms with Gasteiger partial charge in [0.15, 0.2) is 0 Å². The molecule has 0 fully saturated rings. The van der Waals surface area contributed by atoms with Crippen molar-refractivity contribution in [3.63, 3.8) is 0 Å². The lowest BCUT2D eigenvalue weighted by molar-refractivity contribution is 0.137. The third kappa shape index (κ3) is 5.70. The maximum absolute atomic E-state index is 10.2. The second-order valence-electron chi connectivity index (χ2n) is 6.25. The predicted molar refractivity (Wildman–Crippen MR) is 83.0 cm³/mol. The molecule has 0 spiro atoms. The first-order valence-electron chi connectivity index (χ1n) is 6.51. The lowest BCUT2D eigenvalue weighted by Gasteiger charge is -2.27. The molecule has 1 aromatic rings. The van der Waals surface area contributed by atoms with E-state index >= 15 is 0 Å². The van der Waals surface area contributed by atoms with Gasteiger partial charge in [0.05, 0.1) is 16.1 Å². The van der Waals surface area contributed by atoms with Crippen LogP contribution in [0.25, 0.3) is 0 Å². The number of aliphatic hydroxyl groups excluding tert-OH is 1. The quantitative estimate of drug-likeness (QED) is 0.872. The smallest absolute Gasteiger partial charge is 0.0817 e. The summed E-state index contributed by atoms with van der Waals surface area (Å²) in [6.45, 7) is 8.42. The van der Waals surface area contributed by atoms with E-state index in [0.717, 1.165) is 13.1 Å². The number of benzene rings is 1. The molecule has 1 N–H and O–H groups in total. The molecule has 1 aromatic carbocycles. The molecule has 0 saturated carbocycles. The molecule has 0 radical (unpaired) electrons. The minimum absolute atomic E-state index is 0.257. The van der Waals surface area contributed by atoms with Crippen molar-refractivity contribution in [1.82, 2.24) is 4.90 Å². The van der Waals surface area contributed by atoms with Crippen LogP contribution in [0.5, 0.6) is 0 Å². The van der Waals surface area contributed by atoms with Gasteiger partial charge in [-0.05, 0) is 24.9 Å². The van der Waals surface area contributed by atoms with E-state index in [9.17, 15) is 5.11 Å². The molecular formula is C15H23Cl2NO. The Morgan fingerprint density at radius 3 is 2.47 bits per heavy atom. The van der Waals surface area contributed by atoms with Gasteiger partial charge in [-0.1, -0.05) is 56.1 Å². The lowest BCUT2D eigenvalue weighted by atomic mass is 9.96. The van der Waals surface area contributed by atoms with Gasteiger partial charge in [0.25, 0.3) is 0 Å². The molecule has 108 valence electrons. The van der Waals surface area contributed by atoms with Crippen LogP contribution in [0, 0.1) is 5.41 Å². The van der Waals surface area contributed by atoms with Gasteiger partial charge in [0, 0.05) is 18.7 Å². The van der Waals surface area contributed by atoms with Gasteiger partial charge in [0.2, 0.25) is 0 Å². The summed E-state index contributed by atoms with van der Waals surface area (Å²) in [6.07, 6.45) is 0.0701. The first-order chi connectivity index (χ1) is 8.70. The third-order valence-electron chi connectivity index (χ3n) is 2.87. The first-order valence-corrected chi connectivity index (χ1v) is 7.27. The number of hydrogen-bond donors (Lipinski definition) is 1. The van der Waals surface area contributed by atoms with E-state index in [2.05, 4.69) is 32.7 Å². The summed E-state index contributed by atoms with van der Waals surface area (Å²) in [4.78, 5) is 2.22. The maximum Gasteiger partial charge on any atom is 0.0817 e. The lowest BCUT2D eigenvalue weighted by Crippen LogP contribution is -2.30. The zero-order valence-corrected chi connectivity index (χ0v) is 13.6. The highest BCUT2D eigenvalue weighted by Crippen LogP contribution is 2.31. The van der Waals surface area contributed by atoms with Crippen molar-refractivity contribution in [3.8, 4) is 0 Å². The molecule has 0 amide bonds. The van der Waals surface area contributed by atoms with E-state index in [1.165, 1.54) is 0 Å². The minimum Gasteiger partial charge on any atom is -0.388 e. The van der Waals surface area contributed by atoms with Gasteiger partial charge >= 0.3 is 0 Å². The molecule has 4 heteroatoms. The maximum atomic E-state index is 10.2. The number of nitrogens with zero attached hydrogens (tertiary/aromatic N) is 1. The van der Waals surface area contributed by atoms with Gasteiger partial charge < -0.3 is 10.0 Å². The normalized spacial score (nSPS) is 13.9. The standard InChI is InChI=1S/C15H23Cl2NO/c1-15(2,3)10-18(4)9-8-13(19)11-6-5-7-12(16)14(11)17/h5-7,13,19H,8-10H2,1-4H3. The minimum atomic E-state index is -0.575. The van der Waals surface area contributed by atoms with Crippen molar-refractivity contribution >= 4 is 23.2 Å². The number of aliphatic hydroxyl groups is 1. The van der Waals surface area contributed by atoms with Crippen LogP contribution in [-0.4, -0.2) is 30.1 Å². The van der Waals surface area contributed by atoms with Crippen molar-refractivity contribution < 1.29 is 5.11 Å². The summed E-state index contributed by atoms with van der Waals surface area (Å²) in [5.41, 5.74) is 0.964. The number of rotatable bonds is 5. The van der Waals surface area contributed by atoms with Crippen molar-refractivity contribution in [3.05, 3.63) is 33.8 Å². The second-order valence-corrected chi connectivity index (χ2v) is 7.03. The van der Waals surface area contributed by atoms with Crippen LogP contribution < -0.4 is 0 Å². The van der Waals surface area contributed by atoms with Crippen LogP contribution in [0.1, 0.15) is 38.9 Å². The van der Waals surface area contributed by atoms with E-state index in [4.69, 9.17) is 23.2 Å². The van der Waals surface area contributed by atoms with E-state index in [1.807, 2.05) is 12.1 Å².